The number of hydrogen-bond acceptors (Lipinski definition) is 10. The van der Waals surface area contributed by atoms with Crippen LogP contribution in [0.3, 0.4) is 0 Å². The summed E-state index contributed by atoms with van der Waals surface area (Å²) in [5.41, 5.74) is 1.31. The number of nitrogens with zero attached hydrogens (tertiary/aromatic N) is 4. The first-order valence-electron chi connectivity index (χ1n) is 9.82. The van der Waals surface area contributed by atoms with Crippen molar-refractivity contribution < 1.29 is 24.9 Å². The van der Waals surface area contributed by atoms with Crippen LogP contribution in [-0.4, -0.2) is 46.1 Å². The molecule has 0 saturated heterocycles. The van der Waals surface area contributed by atoms with Gasteiger partial charge < -0.3 is 35.6 Å². The Morgan fingerprint density at radius 3 is 1.82 bits per heavy atom. The van der Waals surface area contributed by atoms with Crippen LogP contribution in [0.5, 0.6) is 0 Å². The number of nitrogens with one attached hydrogen (secondary N) is 2. The van der Waals surface area contributed by atoms with Gasteiger partial charge in [0.2, 0.25) is 17.8 Å². The Hall–Kier alpha value is -4.93. The summed E-state index contributed by atoms with van der Waals surface area (Å²) in [6.45, 7) is 3.14. The average molecular weight is 460 g/mol. The highest BCUT2D eigenvalue weighted by atomic mass is 16.4. The summed E-state index contributed by atoms with van der Waals surface area (Å²) in [5.74, 6) is -2.59. The van der Waals surface area contributed by atoms with Gasteiger partial charge in [-0.2, -0.15) is 15.0 Å². The molecule has 3 N–H and O–H groups in total. The maximum atomic E-state index is 11.4. The number of benzene rings is 2. The molecule has 0 aliphatic heterocycles. The van der Waals surface area contributed by atoms with E-state index < -0.39 is 23.3 Å². The van der Waals surface area contributed by atoms with Crippen LogP contribution >= 0.6 is 0 Å². The van der Waals surface area contributed by atoms with E-state index in [-0.39, 0.29) is 17.5 Å². The van der Waals surface area contributed by atoms with Crippen LogP contribution in [0.15, 0.2) is 66.4 Å². The van der Waals surface area contributed by atoms with Crippen LogP contribution in [0.4, 0.5) is 29.2 Å². The van der Waals surface area contributed by atoms with Crippen molar-refractivity contribution in [3.63, 3.8) is 0 Å². The number of carboxylic acids is 2. The smallest absolute Gasteiger partial charge is 0.335 e. The molecule has 3 rings (SSSR count). The molecule has 2 aromatic carbocycles. The van der Waals surface area contributed by atoms with Crippen LogP contribution in [0.1, 0.15) is 15.9 Å². The molecule has 0 aliphatic carbocycles. The Labute approximate surface area is 194 Å². The van der Waals surface area contributed by atoms with Gasteiger partial charge in [0.1, 0.15) is 0 Å². The van der Waals surface area contributed by atoms with Crippen molar-refractivity contribution in [1.29, 1.82) is 0 Å². The van der Waals surface area contributed by atoms with Crippen molar-refractivity contribution >= 4 is 47.2 Å². The van der Waals surface area contributed by atoms with Crippen molar-refractivity contribution in [1.82, 2.24) is 15.0 Å². The molecule has 11 heteroatoms. The second-order valence-corrected chi connectivity index (χ2v) is 7.20. The predicted octanol–water partition coefficient (Wildman–Crippen LogP) is 1.13. The van der Waals surface area contributed by atoms with Crippen molar-refractivity contribution in [2.75, 3.05) is 29.6 Å². The topological polar surface area (TPSA) is 166 Å². The minimum absolute atomic E-state index is 0.0471. The standard InChI is InChI=1S/C23H22N6O5/c1-13(30)18(20(33)34)12-14-4-8-16(9-5-14)24-21-26-22(28-23(27-21)29(2)3)25-17-10-6-15(7-11-17)19(31)32/h4-12,30H,1H2,2-3H3,(H,31,32)(H,33,34)(H2,24,25,26,27,28)/p-2/b18-12-. The van der Waals surface area contributed by atoms with Gasteiger partial charge in [0, 0.05) is 25.5 Å². The zero-order valence-electron chi connectivity index (χ0n) is 18.3. The second-order valence-electron chi connectivity index (χ2n) is 7.20. The molecule has 0 fully saturated rings. The molecule has 174 valence electrons. The fraction of sp³-hybridized carbons (Fsp3) is 0.0870. The summed E-state index contributed by atoms with van der Waals surface area (Å²) >= 11 is 0. The number of aromatic nitrogens is 3. The quantitative estimate of drug-likeness (QED) is 0.238. The predicted molar refractivity (Wildman–Crippen MR) is 123 cm³/mol. The van der Waals surface area contributed by atoms with E-state index in [1.54, 1.807) is 55.4 Å². The summed E-state index contributed by atoms with van der Waals surface area (Å²) in [4.78, 5) is 36.8. The van der Waals surface area contributed by atoms with E-state index in [1.807, 2.05) is 0 Å². The van der Waals surface area contributed by atoms with E-state index in [0.717, 1.165) is 0 Å². The van der Waals surface area contributed by atoms with Crippen LogP contribution in [0.2, 0.25) is 0 Å². The summed E-state index contributed by atoms with van der Waals surface area (Å²) in [5, 5.41) is 37.4. The van der Waals surface area contributed by atoms with Crippen molar-refractivity contribution in [3.05, 3.63) is 77.6 Å². The second kappa shape index (κ2) is 10.1. The molecule has 0 spiro atoms. The maximum Gasteiger partial charge on any atom is 0.335 e. The minimum Gasteiger partial charge on any atom is -0.872 e. The number of carbonyl (C=O) groups is 2. The molecule has 3 aromatic rings. The normalized spacial score (nSPS) is 10.9. The van der Waals surface area contributed by atoms with E-state index in [1.165, 1.54) is 18.2 Å². The molecular formula is C23H20N6O5-2. The van der Waals surface area contributed by atoms with Crippen molar-refractivity contribution in [2.24, 2.45) is 0 Å². The van der Waals surface area contributed by atoms with E-state index in [9.17, 15) is 19.8 Å². The summed E-state index contributed by atoms with van der Waals surface area (Å²) in [6, 6.07) is 12.5. The van der Waals surface area contributed by atoms with Gasteiger partial charge in [0.25, 0.3) is 0 Å². The molecule has 0 bridgehead atoms. The third-order valence-corrected chi connectivity index (χ3v) is 4.41. The number of aliphatic carboxylic acids is 1. The van der Waals surface area contributed by atoms with Gasteiger partial charge in [-0.1, -0.05) is 24.3 Å². The average Bonchev–Trinajstić information content (AvgIpc) is 2.78. The number of aromatic carboxylic acids is 1. The lowest BCUT2D eigenvalue weighted by Crippen LogP contribution is -2.21. The zero-order chi connectivity index (χ0) is 24.8. The Morgan fingerprint density at radius 1 is 0.912 bits per heavy atom. The summed E-state index contributed by atoms with van der Waals surface area (Å²) < 4.78 is 0. The molecule has 1 aromatic heterocycles. The first-order valence-corrected chi connectivity index (χ1v) is 9.82. The highest BCUT2D eigenvalue weighted by Gasteiger charge is 2.10. The van der Waals surface area contributed by atoms with E-state index >= 15 is 0 Å². The van der Waals surface area contributed by atoms with Crippen LogP contribution in [-0.2, 0) is 4.79 Å². The molecule has 0 amide bonds. The molecule has 0 aliphatic rings. The largest absolute Gasteiger partial charge is 0.872 e. The third kappa shape index (κ3) is 6.07. The fourth-order valence-corrected chi connectivity index (χ4v) is 2.72. The minimum atomic E-state index is -1.35. The van der Waals surface area contributed by atoms with Crippen LogP contribution in [0.25, 0.3) is 6.08 Å². The Balaban J connectivity index is 1.83. The van der Waals surface area contributed by atoms with Crippen molar-refractivity contribution in [2.45, 2.75) is 0 Å². The highest BCUT2D eigenvalue weighted by Crippen LogP contribution is 2.21. The third-order valence-electron chi connectivity index (χ3n) is 4.41. The molecule has 1 heterocycles. The number of anilines is 5. The Bertz CT molecular complexity index is 1240. The highest BCUT2D eigenvalue weighted by molar-refractivity contribution is 5.96. The van der Waals surface area contributed by atoms with E-state index in [2.05, 4.69) is 32.2 Å². The zero-order valence-corrected chi connectivity index (χ0v) is 18.3. The fourth-order valence-electron chi connectivity index (χ4n) is 2.72. The molecule has 11 nitrogen and oxygen atoms in total. The van der Waals surface area contributed by atoms with Crippen LogP contribution < -0.4 is 25.7 Å². The van der Waals surface area contributed by atoms with Gasteiger partial charge in [-0.3, -0.25) is 0 Å². The maximum absolute atomic E-state index is 11.4. The summed E-state index contributed by atoms with van der Waals surface area (Å²) in [6.07, 6.45) is 1.24. The van der Waals surface area contributed by atoms with Crippen molar-refractivity contribution in [3.8, 4) is 0 Å². The lowest BCUT2D eigenvalue weighted by molar-refractivity contribution is -0.296. The van der Waals surface area contributed by atoms with Gasteiger partial charge in [0.05, 0.1) is 11.5 Å². The Morgan fingerprint density at radius 2 is 1.41 bits per heavy atom. The van der Waals surface area contributed by atoms with Gasteiger partial charge >= 0.3 is 5.97 Å². The van der Waals surface area contributed by atoms with Gasteiger partial charge in [-0.05, 0) is 41.5 Å². The van der Waals surface area contributed by atoms with Gasteiger partial charge in [-0.25, -0.2) is 4.79 Å². The van der Waals surface area contributed by atoms with Crippen LogP contribution in [0, 0.1) is 0 Å². The number of rotatable bonds is 9. The first-order chi connectivity index (χ1) is 16.1. The number of hydrogen-bond donors (Lipinski definition) is 3. The lowest BCUT2D eigenvalue weighted by atomic mass is 10.1. The number of carboxylic acid groups (broad SMARTS) is 2. The van der Waals surface area contributed by atoms with Gasteiger partial charge in [0.15, 0.2) is 0 Å². The monoisotopic (exact) mass is 460 g/mol. The SMILES string of the molecule is C=C([O-])/C(=C/c1ccc(Nc2nc(Nc3ccc(C(=O)[O-])cc3)nc(N(C)C)n2)cc1)C(=O)O. The van der Waals surface area contributed by atoms with Gasteiger partial charge in [-0.15, -0.1) is 12.3 Å². The Kier molecular flexibility index (Phi) is 7.07. The summed E-state index contributed by atoms with van der Waals surface area (Å²) in [7, 11) is 3.53. The van der Waals surface area contributed by atoms with E-state index in [0.29, 0.717) is 22.9 Å². The molecule has 0 unspecified atom stereocenters. The van der Waals surface area contributed by atoms with E-state index in [4.69, 9.17) is 5.11 Å². The molecule has 0 radical (unpaired) electrons. The first kappa shape index (κ1) is 23.7. The number of carbonyl (C=O) groups excluding carboxylic acids is 1. The molecular weight excluding hydrogens is 440 g/mol. The lowest BCUT2D eigenvalue weighted by Gasteiger charge is -2.14. The molecule has 0 saturated carbocycles. The molecule has 34 heavy (non-hydrogen) atoms. The molecule has 0 atom stereocenters.